The van der Waals surface area contributed by atoms with Crippen molar-refractivity contribution < 1.29 is 4.74 Å². The minimum Gasteiger partial charge on any atom is -0.495 e. The van der Waals surface area contributed by atoms with E-state index in [9.17, 15) is 0 Å². The van der Waals surface area contributed by atoms with E-state index in [0.29, 0.717) is 27.4 Å². The zero-order valence-corrected chi connectivity index (χ0v) is 13.4. The Balaban J connectivity index is 2.22. The van der Waals surface area contributed by atoms with Crippen LogP contribution < -0.4 is 10.1 Å². The van der Waals surface area contributed by atoms with E-state index in [-0.39, 0.29) is 0 Å². The van der Waals surface area contributed by atoms with Gasteiger partial charge >= 0.3 is 0 Å². The number of aryl methyl sites for hydroxylation is 1. The lowest BCUT2D eigenvalue weighted by atomic mass is 10.2. The molecule has 0 amide bonds. The van der Waals surface area contributed by atoms with Gasteiger partial charge in [0.05, 0.1) is 22.8 Å². The zero-order valence-electron chi connectivity index (χ0n) is 11.1. The largest absolute Gasteiger partial charge is 0.495 e. The Morgan fingerprint density at radius 2 is 1.85 bits per heavy atom. The van der Waals surface area contributed by atoms with Crippen LogP contribution in [0.3, 0.4) is 0 Å². The minimum atomic E-state index is 0.546. The summed E-state index contributed by atoms with van der Waals surface area (Å²) in [4.78, 5) is 0. The summed E-state index contributed by atoms with van der Waals surface area (Å²) in [7, 11) is 1.61. The zero-order chi connectivity index (χ0) is 14.7. The molecule has 0 atom stereocenters. The molecule has 0 heterocycles. The maximum absolute atomic E-state index is 6.17. The Kier molecular flexibility index (Phi) is 5.03. The van der Waals surface area contributed by atoms with Crippen molar-refractivity contribution in [2.75, 3.05) is 12.4 Å². The van der Waals surface area contributed by atoms with E-state index in [1.165, 1.54) is 0 Å². The molecule has 106 valence electrons. The summed E-state index contributed by atoms with van der Waals surface area (Å²) >= 11 is 18.2. The summed E-state index contributed by atoms with van der Waals surface area (Å²) in [5, 5.41) is 5.07. The van der Waals surface area contributed by atoms with Crippen molar-refractivity contribution >= 4 is 40.5 Å². The second-order valence-corrected chi connectivity index (χ2v) is 5.56. The Labute approximate surface area is 133 Å². The molecule has 0 unspecified atom stereocenters. The predicted octanol–water partition coefficient (Wildman–Crippen LogP) is 5.58. The SMILES string of the molecule is COc1cc(Cl)c(C)cc1NCc1cccc(Cl)c1Cl. The molecule has 0 saturated heterocycles. The van der Waals surface area contributed by atoms with Crippen LogP contribution in [-0.2, 0) is 6.54 Å². The van der Waals surface area contributed by atoms with Crippen LogP contribution in [-0.4, -0.2) is 7.11 Å². The van der Waals surface area contributed by atoms with Crippen molar-refractivity contribution in [1.29, 1.82) is 0 Å². The van der Waals surface area contributed by atoms with Gasteiger partial charge in [0, 0.05) is 17.6 Å². The molecule has 0 saturated carbocycles. The molecule has 2 nitrogen and oxygen atoms in total. The Morgan fingerprint density at radius 3 is 2.55 bits per heavy atom. The highest BCUT2D eigenvalue weighted by Crippen LogP contribution is 2.32. The summed E-state index contributed by atoms with van der Waals surface area (Å²) in [6, 6.07) is 9.30. The fourth-order valence-electron chi connectivity index (χ4n) is 1.85. The van der Waals surface area contributed by atoms with Crippen LogP contribution in [0.2, 0.25) is 15.1 Å². The first-order chi connectivity index (χ1) is 9.52. The van der Waals surface area contributed by atoms with Crippen molar-refractivity contribution in [2.45, 2.75) is 13.5 Å². The Bertz CT molecular complexity index is 629. The second-order valence-electron chi connectivity index (χ2n) is 4.37. The van der Waals surface area contributed by atoms with Gasteiger partial charge in [0.2, 0.25) is 0 Å². The van der Waals surface area contributed by atoms with Crippen molar-refractivity contribution in [3.05, 3.63) is 56.5 Å². The fraction of sp³-hybridized carbons (Fsp3) is 0.200. The average molecular weight is 331 g/mol. The first kappa shape index (κ1) is 15.3. The molecule has 0 fully saturated rings. The number of benzene rings is 2. The fourth-order valence-corrected chi connectivity index (χ4v) is 2.39. The van der Waals surface area contributed by atoms with E-state index in [1.54, 1.807) is 19.2 Å². The maximum atomic E-state index is 6.17. The van der Waals surface area contributed by atoms with Crippen LogP contribution in [0, 0.1) is 6.92 Å². The lowest BCUT2D eigenvalue weighted by molar-refractivity contribution is 0.416. The molecular formula is C15H14Cl3NO. The smallest absolute Gasteiger partial charge is 0.143 e. The third kappa shape index (κ3) is 3.32. The highest BCUT2D eigenvalue weighted by Gasteiger charge is 2.09. The van der Waals surface area contributed by atoms with E-state index >= 15 is 0 Å². The van der Waals surface area contributed by atoms with Crippen LogP contribution in [0.5, 0.6) is 5.75 Å². The van der Waals surface area contributed by atoms with E-state index in [0.717, 1.165) is 16.8 Å². The monoisotopic (exact) mass is 329 g/mol. The normalized spacial score (nSPS) is 10.4. The van der Waals surface area contributed by atoms with Gasteiger partial charge < -0.3 is 10.1 Å². The number of hydrogen-bond donors (Lipinski definition) is 1. The lowest BCUT2D eigenvalue weighted by Crippen LogP contribution is -2.02. The summed E-state index contributed by atoms with van der Waals surface area (Å²) in [6.45, 7) is 2.50. The molecule has 0 aliphatic heterocycles. The summed E-state index contributed by atoms with van der Waals surface area (Å²) in [5.41, 5.74) is 2.77. The summed E-state index contributed by atoms with van der Waals surface area (Å²) < 4.78 is 5.32. The maximum Gasteiger partial charge on any atom is 0.143 e. The molecular weight excluding hydrogens is 317 g/mol. The van der Waals surface area contributed by atoms with Crippen LogP contribution in [0.15, 0.2) is 30.3 Å². The molecule has 0 aromatic heterocycles. The van der Waals surface area contributed by atoms with Gasteiger partial charge in [-0.1, -0.05) is 46.9 Å². The van der Waals surface area contributed by atoms with Gasteiger partial charge in [-0.2, -0.15) is 0 Å². The molecule has 5 heteroatoms. The van der Waals surface area contributed by atoms with Gasteiger partial charge in [0.15, 0.2) is 0 Å². The molecule has 2 aromatic rings. The molecule has 2 aromatic carbocycles. The molecule has 0 bridgehead atoms. The van der Waals surface area contributed by atoms with Crippen LogP contribution in [0.25, 0.3) is 0 Å². The van der Waals surface area contributed by atoms with Crippen molar-refractivity contribution in [1.82, 2.24) is 0 Å². The summed E-state index contributed by atoms with van der Waals surface area (Å²) in [5.74, 6) is 0.693. The molecule has 2 rings (SSSR count). The van der Waals surface area contributed by atoms with E-state index in [1.807, 2.05) is 25.1 Å². The number of ether oxygens (including phenoxy) is 1. The van der Waals surface area contributed by atoms with Crippen LogP contribution in [0.4, 0.5) is 5.69 Å². The lowest BCUT2D eigenvalue weighted by Gasteiger charge is -2.14. The quantitative estimate of drug-likeness (QED) is 0.790. The second kappa shape index (κ2) is 6.57. The Hall–Kier alpha value is -1.09. The third-order valence-electron chi connectivity index (χ3n) is 2.98. The topological polar surface area (TPSA) is 21.3 Å². The molecule has 0 aliphatic rings. The first-order valence-electron chi connectivity index (χ1n) is 6.04. The number of rotatable bonds is 4. The van der Waals surface area contributed by atoms with E-state index in [4.69, 9.17) is 39.5 Å². The van der Waals surface area contributed by atoms with Crippen molar-refractivity contribution in [3.63, 3.8) is 0 Å². The van der Waals surface area contributed by atoms with Gasteiger partial charge in [-0.05, 0) is 30.2 Å². The van der Waals surface area contributed by atoms with E-state index in [2.05, 4.69) is 5.32 Å². The van der Waals surface area contributed by atoms with Gasteiger partial charge in [0.25, 0.3) is 0 Å². The first-order valence-corrected chi connectivity index (χ1v) is 7.17. The van der Waals surface area contributed by atoms with Gasteiger partial charge in [0.1, 0.15) is 5.75 Å². The highest BCUT2D eigenvalue weighted by atomic mass is 35.5. The molecule has 20 heavy (non-hydrogen) atoms. The predicted molar refractivity (Wildman–Crippen MR) is 86.5 cm³/mol. The molecule has 1 N–H and O–H groups in total. The number of methoxy groups -OCH3 is 1. The van der Waals surface area contributed by atoms with Crippen LogP contribution >= 0.6 is 34.8 Å². The number of anilines is 1. The number of nitrogens with one attached hydrogen (secondary N) is 1. The minimum absolute atomic E-state index is 0.546. The molecule has 0 aliphatic carbocycles. The van der Waals surface area contributed by atoms with Crippen molar-refractivity contribution in [2.24, 2.45) is 0 Å². The number of hydrogen-bond acceptors (Lipinski definition) is 2. The Morgan fingerprint density at radius 1 is 1.10 bits per heavy atom. The molecule has 0 radical (unpaired) electrons. The van der Waals surface area contributed by atoms with Gasteiger partial charge in [-0.3, -0.25) is 0 Å². The van der Waals surface area contributed by atoms with E-state index < -0.39 is 0 Å². The number of halogens is 3. The van der Waals surface area contributed by atoms with Crippen molar-refractivity contribution in [3.8, 4) is 5.75 Å². The van der Waals surface area contributed by atoms with Gasteiger partial charge in [-0.25, -0.2) is 0 Å². The highest BCUT2D eigenvalue weighted by molar-refractivity contribution is 6.42. The standard InChI is InChI=1S/C15H14Cl3NO/c1-9-6-13(14(20-2)7-12(9)17)19-8-10-4-3-5-11(16)15(10)18/h3-7,19H,8H2,1-2H3. The average Bonchev–Trinajstić information content (AvgIpc) is 2.43. The van der Waals surface area contributed by atoms with Crippen LogP contribution in [0.1, 0.15) is 11.1 Å². The third-order valence-corrected chi connectivity index (χ3v) is 4.25. The van der Waals surface area contributed by atoms with Gasteiger partial charge in [-0.15, -0.1) is 0 Å². The molecule has 0 spiro atoms. The summed E-state index contributed by atoms with van der Waals surface area (Å²) in [6.07, 6.45) is 0.